The van der Waals surface area contributed by atoms with E-state index in [1.54, 1.807) is 12.1 Å². The minimum absolute atomic E-state index is 0.298. The summed E-state index contributed by atoms with van der Waals surface area (Å²) in [5.41, 5.74) is 1.72. The number of carbonyl (C=O) groups is 1. The van der Waals surface area contributed by atoms with E-state index in [0.29, 0.717) is 16.5 Å². The normalized spacial score (nSPS) is 12.0. The Morgan fingerprint density at radius 1 is 1.24 bits per heavy atom. The SMILES string of the molecule is COC(=O)[C@@H](Cc1ccc(Cl)cc1Cl)c1ccccc1Br. The van der Waals surface area contributed by atoms with E-state index in [0.717, 1.165) is 15.6 Å². The van der Waals surface area contributed by atoms with Crippen molar-refractivity contribution < 1.29 is 9.53 Å². The van der Waals surface area contributed by atoms with Crippen molar-refractivity contribution >= 4 is 45.1 Å². The molecular formula is C16H13BrCl2O2. The van der Waals surface area contributed by atoms with Crippen molar-refractivity contribution in [3.05, 3.63) is 68.1 Å². The Kier molecular flexibility index (Phi) is 5.68. The van der Waals surface area contributed by atoms with Crippen LogP contribution < -0.4 is 0 Å². The number of hydrogen-bond donors (Lipinski definition) is 0. The molecule has 0 saturated heterocycles. The third kappa shape index (κ3) is 4.00. The molecule has 0 heterocycles. The van der Waals surface area contributed by atoms with Crippen LogP contribution in [0.15, 0.2) is 46.9 Å². The standard InChI is InChI=1S/C16H13BrCl2O2/c1-21-16(20)13(12-4-2-3-5-14(12)17)8-10-6-7-11(18)9-15(10)19/h2-7,9,13H,8H2,1H3/t13-/m0/s1. The third-order valence-corrected chi connectivity index (χ3v) is 4.51. The van der Waals surface area contributed by atoms with Gasteiger partial charge in [-0.2, -0.15) is 0 Å². The van der Waals surface area contributed by atoms with Crippen LogP contribution in [0.25, 0.3) is 0 Å². The Bertz CT molecular complexity index is 658. The van der Waals surface area contributed by atoms with Gasteiger partial charge in [0.05, 0.1) is 13.0 Å². The maximum atomic E-state index is 12.1. The molecule has 0 aliphatic rings. The van der Waals surface area contributed by atoms with E-state index in [2.05, 4.69) is 15.9 Å². The molecule has 0 amide bonds. The second kappa shape index (κ2) is 7.30. The largest absolute Gasteiger partial charge is 0.469 e. The molecule has 2 aromatic rings. The molecule has 1 atom stereocenters. The Hall–Kier alpha value is -1.03. The van der Waals surface area contributed by atoms with E-state index in [4.69, 9.17) is 27.9 Å². The van der Waals surface area contributed by atoms with Gasteiger partial charge in [0.25, 0.3) is 0 Å². The van der Waals surface area contributed by atoms with Crippen LogP contribution in [-0.2, 0) is 16.0 Å². The fourth-order valence-corrected chi connectivity index (χ4v) is 3.17. The Labute approximate surface area is 142 Å². The Morgan fingerprint density at radius 3 is 2.57 bits per heavy atom. The van der Waals surface area contributed by atoms with E-state index >= 15 is 0 Å². The molecule has 2 aromatic carbocycles. The van der Waals surface area contributed by atoms with Gasteiger partial charge in [-0.25, -0.2) is 0 Å². The molecule has 0 aliphatic heterocycles. The smallest absolute Gasteiger partial charge is 0.313 e. The number of esters is 1. The van der Waals surface area contributed by atoms with E-state index in [-0.39, 0.29) is 5.97 Å². The quantitative estimate of drug-likeness (QED) is 0.669. The van der Waals surface area contributed by atoms with Gasteiger partial charge < -0.3 is 4.74 Å². The van der Waals surface area contributed by atoms with Gasteiger partial charge >= 0.3 is 5.97 Å². The lowest BCUT2D eigenvalue weighted by atomic mass is 9.92. The van der Waals surface area contributed by atoms with Crippen molar-refractivity contribution in [2.45, 2.75) is 12.3 Å². The van der Waals surface area contributed by atoms with Gasteiger partial charge in [-0.05, 0) is 35.7 Å². The topological polar surface area (TPSA) is 26.3 Å². The highest BCUT2D eigenvalue weighted by Gasteiger charge is 2.24. The number of carbonyl (C=O) groups excluding carboxylic acids is 1. The molecule has 0 fully saturated rings. The number of hydrogen-bond acceptors (Lipinski definition) is 2. The highest BCUT2D eigenvalue weighted by atomic mass is 79.9. The van der Waals surface area contributed by atoms with Crippen LogP contribution in [-0.4, -0.2) is 13.1 Å². The molecule has 0 spiro atoms. The van der Waals surface area contributed by atoms with Gasteiger partial charge in [0.2, 0.25) is 0 Å². The Balaban J connectivity index is 2.38. The minimum atomic E-state index is -0.427. The summed E-state index contributed by atoms with van der Waals surface area (Å²) in [7, 11) is 1.38. The van der Waals surface area contributed by atoms with Crippen LogP contribution in [0.3, 0.4) is 0 Å². The van der Waals surface area contributed by atoms with Crippen LogP contribution in [0, 0.1) is 0 Å². The number of ether oxygens (including phenoxy) is 1. The van der Waals surface area contributed by atoms with Crippen molar-refractivity contribution in [2.75, 3.05) is 7.11 Å². The van der Waals surface area contributed by atoms with Crippen molar-refractivity contribution in [3.8, 4) is 0 Å². The van der Waals surface area contributed by atoms with Gasteiger partial charge in [-0.1, -0.05) is 63.4 Å². The molecule has 2 nitrogen and oxygen atoms in total. The van der Waals surface area contributed by atoms with E-state index in [1.807, 2.05) is 30.3 Å². The fourth-order valence-electron chi connectivity index (χ4n) is 2.13. The minimum Gasteiger partial charge on any atom is -0.469 e. The summed E-state index contributed by atoms with van der Waals surface area (Å²) in [6.07, 6.45) is 0.450. The molecule has 0 radical (unpaired) electrons. The summed E-state index contributed by atoms with van der Waals surface area (Å²) in [6, 6.07) is 12.8. The average Bonchev–Trinajstić information content (AvgIpc) is 2.47. The second-order valence-electron chi connectivity index (χ2n) is 4.54. The van der Waals surface area contributed by atoms with Crippen LogP contribution in [0.5, 0.6) is 0 Å². The first-order valence-electron chi connectivity index (χ1n) is 6.29. The molecule has 0 bridgehead atoms. The van der Waals surface area contributed by atoms with Gasteiger partial charge in [0.15, 0.2) is 0 Å². The summed E-state index contributed by atoms with van der Waals surface area (Å²) in [5, 5.41) is 1.11. The molecule has 0 aliphatic carbocycles. The molecule has 0 aromatic heterocycles. The second-order valence-corrected chi connectivity index (χ2v) is 6.24. The maximum absolute atomic E-state index is 12.1. The number of benzene rings is 2. The monoisotopic (exact) mass is 386 g/mol. The van der Waals surface area contributed by atoms with E-state index in [9.17, 15) is 4.79 Å². The van der Waals surface area contributed by atoms with E-state index in [1.165, 1.54) is 7.11 Å². The van der Waals surface area contributed by atoms with Crippen LogP contribution >= 0.6 is 39.1 Å². The first-order valence-corrected chi connectivity index (χ1v) is 7.84. The van der Waals surface area contributed by atoms with Crippen molar-refractivity contribution in [3.63, 3.8) is 0 Å². The molecule has 2 rings (SSSR count). The van der Waals surface area contributed by atoms with Crippen LogP contribution in [0.2, 0.25) is 10.0 Å². The molecule has 0 unspecified atom stereocenters. The molecular weight excluding hydrogens is 375 g/mol. The summed E-state index contributed by atoms with van der Waals surface area (Å²) in [4.78, 5) is 12.1. The van der Waals surface area contributed by atoms with Crippen molar-refractivity contribution in [2.24, 2.45) is 0 Å². The third-order valence-electron chi connectivity index (χ3n) is 3.21. The number of halogens is 3. The predicted octanol–water partition coefficient (Wildman–Crippen LogP) is 5.26. The number of rotatable bonds is 4. The lowest BCUT2D eigenvalue weighted by Gasteiger charge is -2.17. The molecule has 110 valence electrons. The molecule has 0 N–H and O–H groups in total. The van der Waals surface area contributed by atoms with Gasteiger partial charge in [-0.15, -0.1) is 0 Å². The van der Waals surface area contributed by atoms with Gasteiger partial charge in [0, 0.05) is 14.5 Å². The highest BCUT2D eigenvalue weighted by molar-refractivity contribution is 9.10. The number of methoxy groups -OCH3 is 1. The lowest BCUT2D eigenvalue weighted by Crippen LogP contribution is -2.17. The van der Waals surface area contributed by atoms with Crippen molar-refractivity contribution in [1.29, 1.82) is 0 Å². The lowest BCUT2D eigenvalue weighted by molar-refractivity contribution is -0.142. The first kappa shape index (κ1) is 16.3. The van der Waals surface area contributed by atoms with Crippen LogP contribution in [0.4, 0.5) is 0 Å². The zero-order valence-electron chi connectivity index (χ0n) is 11.3. The Morgan fingerprint density at radius 2 is 1.95 bits per heavy atom. The predicted molar refractivity (Wildman–Crippen MR) is 89.1 cm³/mol. The summed E-state index contributed by atoms with van der Waals surface area (Å²) >= 11 is 15.6. The highest BCUT2D eigenvalue weighted by Crippen LogP contribution is 2.31. The van der Waals surface area contributed by atoms with E-state index < -0.39 is 5.92 Å². The maximum Gasteiger partial charge on any atom is 0.313 e. The summed E-state index contributed by atoms with van der Waals surface area (Å²) < 4.78 is 5.79. The summed E-state index contributed by atoms with van der Waals surface area (Å²) in [5.74, 6) is -0.725. The molecule has 21 heavy (non-hydrogen) atoms. The average molecular weight is 388 g/mol. The first-order chi connectivity index (χ1) is 10.0. The van der Waals surface area contributed by atoms with Gasteiger partial charge in [-0.3, -0.25) is 4.79 Å². The zero-order chi connectivity index (χ0) is 15.4. The zero-order valence-corrected chi connectivity index (χ0v) is 14.4. The van der Waals surface area contributed by atoms with Crippen molar-refractivity contribution in [1.82, 2.24) is 0 Å². The molecule has 5 heteroatoms. The molecule has 0 saturated carbocycles. The fraction of sp³-hybridized carbons (Fsp3) is 0.188. The summed E-state index contributed by atoms with van der Waals surface area (Å²) in [6.45, 7) is 0. The van der Waals surface area contributed by atoms with Gasteiger partial charge in [0.1, 0.15) is 0 Å². The van der Waals surface area contributed by atoms with Crippen LogP contribution in [0.1, 0.15) is 17.0 Å².